The van der Waals surface area contributed by atoms with Crippen LogP contribution in [-0.2, 0) is 4.79 Å². The van der Waals surface area contributed by atoms with E-state index in [0.717, 1.165) is 17.1 Å². The van der Waals surface area contributed by atoms with Gasteiger partial charge in [0.15, 0.2) is 0 Å². The lowest BCUT2D eigenvalue weighted by molar-refractivity contribution is -0.115. The van der Waals surface area contributed by atoms with E-state index in [1.54, 1.807) is 0 Å². The van der Waals surface area contributed by atoms with Crippen LogP contribution < -0.4 is 15.4 Å². The Kier molecular flexibility index (Phi) is 6.29. The molecule has 0 aliphatic carbocycles. The van der Waals surface area contributed by atoms with Crippen LogP contribution in [-0.4, -0.2) is 18.6 Å². The Morgan fingerprint density at radius 3 is 2.48 bits per heavy atom. The highest BCUT2D eigenvalue weighted by Crippen LogP contribution is 2.20. The number of anilines is 2. The first kappa shape index (κ1) is 17.2. The Morgan fingerprint density at radius 2 is 1.83 bits per heavy atom. The third kappa shape index (κ3) is 5.83. The van der Waals surface area contributed by atoms with Crippen molar-refractivity contribution >= 4 is 28.9 Å². The maximum Gasteiger partial charge on any atom is 0.226 e. The fourth-order valence-corrected chi connectivity index (χ4v) is 2.23. The third-order valence-corrected chi connectivity index (χ3v) is 3.38. The summed E-state index contributed by atoms with van der Waals surface area (Å²) in [5.41, 5.74) is 1.58. The van der Waals surface area contributed by atoms with Crippen LogP contribution in [0.1, 0.15) is 20.3 Å². The summed E-state index contributed by atoms with van der Waals surface area (Å²) >= 11 is 6.05. The van der Waals surface area contributed by atoms with Gasteiger partial charge >= 0.3 is 0 Å². The normalized spacial score (nSPS) is 10.4. The lowest BCUT2D eigenvalue weighted by atomic mass is 10.2. The molecule has 0 bridgehead atoms. The molecular formula is C18H21ClN2O2. The number of para-hydroxylation sites is 1. The van der Waals surface area contributed by atoms with Crippen molar-refractivity contribution in [3.63, 3.8) is 0 Å². The second kappa shape index (κ2) is 8.44. The average molecular weight is 333 g/mol. The van der Waals surface area contributed by atoms with Crippen molar-refractivity contribution in [2.45, 2.75) is 26.4 Å². The van der Waals surface area contributed by atoms with Gasteiger partial charge in [0.05, 0.1) is 16.8 Å². The van der Waals surface area contributed by atoms with E-state index in [2.05, 4.69) is 10.6 Å². The molecular weight excluding hydrogens is 312 g/mol. The van der Waals surface area contributed by atoms with Crippen LogP contribution in [0, 0.1) is 0 Å². The topological polar surface area (TPSA) is 50.4 Å². The minimum Gasteiger partial charge on any atom is -0.491 e. The molecule has 122 valence electrons. The van der Waals surface area contributed by atoms with Crippen LogP contribution in [0.15, 0.2) is 48.5 Å². The number of carbonyl (C=O) groups is 1. The van der Waals surface area contributed by atoms with Crippen molar-refractivity contribution < 1.29 is 9.53 Å². The van der Waals surface area contributed by atoms with E-state index in [1.165, 1.54) is 0 Å². The molecule has 2 aromatic carbocycles. The molecule has 23 heavy (non-hydrogen) atoms. The number of rotatable bonds is 7. The summed E-state index contributed by atoms with van der Waals surface area (Å²) in [6.07, 6.45) is 0.487. The van der Waals surface area contributed by atoms with E-state index >= 15 is 0 Å². The van der Waals surface area contributed by atoms with Crippen LogP contribution in [0.2, 0.25) is 5.02 Å². The third-order valence-electron chi connectivity index (χ3n) is 3.05. The number of halogens is 1. The molecule has 0 saturated carbocycles. The summed E-state index contributed by atoms with van der Waals surface area (Å²) in [6, 6.07) is 14.8. The van der Waals surface area contributed by atoms with Gasteiger partial charge in [-0.1, -0.05) is 23.7 Å². The number of benzene rings is 2. The molecule has 0 heterocycles. The maximum atomic E-state index is 11.9. The number of carbonyl (C=O) groups excluding carboxylic acids is 1. The zero-order valence-corrected chi connectivity index (χ0v) is 14.1. The van der Waals surface area contributed by atoms with Gasteiger partial charge in [-0.15, -0.1) is 0 Å². The molecule has 0 fully saturated rings. The van der Waals surface area contributed by atoms with Gasteiger partial charge in [-0.3, -0.25) is 4.79 Å². The van der Waals surface area contributed by atoms with E-state index in [4.69, 9.17) is 16.3 Å². The highest BCUT2D eigenvalue weighted by Gasteiger charge is 2.04. The molecule has 5 heteroatoms. The van der Waals surface area contributed by atoms with Gasteiger partial charge in [0.1, 0.15) is 5.75 Å². The number of ether oxygens (including phenoxy) is 1. The Balaban J connectivity index is 1.77. The standard InChI is InChI=1S/C18H21ClN2O2/c1-13(2)23-15-9-7-14(8-10-15)21-18(22)11-12-20-17-6-4-3-5-16(17)19/h3-10,13,20H,11-12H2,1-2H3,(H,21,22). The first-order chi connectivity index (χ1) is 11.0. The van der Waals surface area contributed by atoms with E-state index in [1.807, 2.05) is 62.4 Å². The van der Waals surface area contributed by atoms with Crippen LogP contribution in [0.3, 0.4) is 0 Å². The molecule has 0 radical (unpaired) electrons. The van der Waals surface area contributed by atoms with E-state index in [-0.39, 0.29) is 12.0 Å². The van der Waals surface area contributed by atoms with Crippen molar-refractivity contribution in [3.8, 4) is 5.75 Å². The molecule has 2 N–H and O–H groups in total. The van der Waals surface area contributed by atoms with Gasteiger partial charge in [-0.2, -0.15) is 0 Å². The molecule has 1 amide bonds. The maximum absolute atomic E-state index is 11.9. The lowest BCUT2D eigenvalue weighted by Crippen LogP contribution is -2.16. The zero-order valence-electron chi connectivity index (χ0n) is 13.3. The molecule has 0 atom stereocenters. The van der Waals surface area contributed by atoms with Crippen molar-refractivity contribution in [3.05, 3.63) is 53.6 Å². The number of hydrogen-bond acceptors (Lipinski definition) is 3. The predicted octanol–water partition coefficient (Wildman–Crippen LogP) is 4.57. The molecule has 0 spiro atoms. The van der Waals surface area contributed by atoms with Gasteiger partial charge < -0.3 is 15.4 Å². The Morgan fingerprint density at radius 1 is 1.13 bits per heavy atom. The molecule has 0 aliphatic heterocycles. The zero-order chi connectivity index (χ0) is 16.7. The molecule has 0 unspecified atom stereocenters. The van der Waals surface area contributed by atoms with Crippen molar-refractivity contribution in [2.75, 3.05) is 17.2 Å². The Labute approximate surface area is 141 Å². The van der Waals surface area contributed by atoms with Gasteiger partial charge in [-0.05, 0) is 50.2 Å². The van der Waals surface area contributed by atoms with E-state index < -0.39 is 0 Å². The van der Waals surface area contributed by atoms with Gasteiger partial charge in [0.2, 0.25) is 5.91 Å². The fourth-order valence-electron chi connectivity index (χ4n) is 2.03. The molecule has 4 nitrogen and oxygen atoms in total. The molecule has 2 aromatic rings. The largest absolute Gasteiger partial charge is 0.491 e. The summed E-state index contributed by atoms with van der Waals surface area (Å²) < 4.78 is 5.56. The smallest absolute Gasteiger partial charge is 0.226 e. The minimum absolute atomic E-state index is 0.0536. The van der Waals surface area contributed by atoms with E-state index in [9.17, 15) is 4.79 Å². The van der Waals surface area contributed by atoms with Crippen LogP contribution >= 0.6 is 11.6 Å². The molecule has 0 saturated heterocycles. The van der Waals surface area contributed by atoms with Crippen molar-refractivity contribution in [1.29, 1.82) is 0 Å². The SMILES string of the molecule is CC(C)Oc1ccc(NC(=O)CCNc2ccccc2Cl)cc1. The van der Waals surface area contributed by atoms with Crippen LogP contribution in [0.5, 0.6) is 5.75 Å². The van der Waals surface area contributed by atoms with Crippen LogP contribution in [0.25, 0.3) is 0 Å². The van der Waals surface area contributed by atoms with Crippen LogP contribution in [0.4, 0.5) is 11.4 Å². The summed E-state index contributed by atoms with van der Waals surface area (Å²) in [4.78, 5) is 11.9. The summed E-state index contributed by atoms with van der Waals surface area (Å²) in [5, 5.41) is 6.65. The summed E-state index contributed by atoms with van der Waals surface area (Å²) in [7, 11) is 0. The Bertz CT molecular complexity index is 642. The monoisotopic (exact) mass is 332 g/mol. The fraction of sp³-hybridized carbons (Fsp3) is 0.278. The second-order valence-electron chi connectivity index (χ2n) is 5.40. The first-order valence-corrected chi connectivity index (χ1v) is 7.97. The minimum atomic E-state index is -0.0536. The number of nitrogens with one attached hydrogen (secondary N) is 2. The first-order valence-electron chi connectivity index (χ1n) is 7.59. The van der Waals surface area contributed by atoms with Gasteiger partial charge in [0, 0.05) is 18.7 Å². The van der Waals surface area contributed by atoms with Crippen molar-refractivity contribution in [1.82, 2.24) is 0 Å². The average Bonchev–Trinajstić information content (AvgIpc) is 2.51. The van der Waals surface area contributed by atoms with Gasteiger partial charge in [0.25, 0.3) is 0 Å². The molecule has 0 aromatic heterocycles. The van der Waals surface area contributed by atoms with Gasteiger partial charge in [-0.25, -0.2) is 0 Å². The highest BCUT2D eigenvalue weighted by molar-refractivity contribution is 6.33. The summed E-state index contributed by atoms with van der Waals surface area (Å²) in [5.74, 6) is 0.737. The predicted molar refractivity (Wildman–Crippen MR) is 95.4 cm³/mol. The second-order valence-corrected chi connectivity index (χ2v) is 5.80. The Hall–Kier alpha value is -2.20. The number of hydrogen-bond donors (Lipinski definition) is 2. The quantitative estimate of drug-likeness (QED) is 0.781. The molecule has 2 rings (SSSR count). The molecule has 0 aliphatic rings. The van der Waals surface area contributed by atoms with E-state index in [0.29, 0.717) is 18.0 Å². The lowest BCUT2D eigenvalue weighted by Gasteiger charge is -2.11. The summed E-state index contributed by atoms with van der Waals surface area (Å²) in [6.45, 7) is 4.47. The van der Waals surface area contributed by atoms with Crippen molar-refractivity contribution in [2.24, 2.45) is 0 Å². The highest BCUT2D eigenvalue weighted by atomic mass is 35.5. The number of amides is 1.